The molecule has 2 aliphatic rings. The number of amides is 2. The zero-order valence-corrected chi connectivity index (χ0v) is 19.0. The van der Waals surface area contributed by atoms with Crippen molar-refractivity contribution in [1.82, 2.24) is 15.1 Å². The zero-order valence-electron chi connectivity index (χ0n) is 18.2. The average Bonchev–Trinajstić information content (AvgIpc) is 2.97. The summed E-state index contributed by atoms with van der Waals surface area (Å²) in [7, 11) is 1.13. The van der Waals surface area contributed by atoms with E-state index in [1.54, 1.807) is 4.90 Å². The van der Waals surface area contributed by atoms with Gasteiger partial charge < -0.3 is 10.2 Å². The van der Waals surface area contributed by atoms with Crippen molar-refractivity contribution in [3.8, 4) is 0 Å². The van der Waals surface area contributed by atoms with Gasteiger partial charge in [-0.15, -0.1) is 0 Å². The van der Waals surface area contributed by atoms with Crippen LogP contribution in [0.3, 0.4) is 0 Å². The molecule has 0 bridgehead atoms. The Hall–Kier alpha value is -1.93. The van der Waals surface area contributed by atoms with Gasteiger partial charge in [-0.1, -0.05) is 30.3 Å². The molecule has 1 saturated heterocycles. The molecule has 1 N–H and O–H groups in total. The number of rotatable bonds is 7. The lowest BCUT2D eigenvalue weighted by molar-refractivity contribution is -0.133. The van der Waals surface area contributed by atoms with Crippen molar-refractivity contribution >= 4 is 21.7 Å². The van der Waals surface area contributed by atoms with Gasteiger partial charge in [-0.05, 0) is 50.8 Å². The molecular formula is C22H33N3O4S. The van der Waals surface area contributed by atoms with Gasteiger partial charge in [0.05, 0.1) is 12.3 Å². The lowest BCUT2D eigenvalue weighted by Gasteiger charge is -2.48. The standard InChI is InChI=1S/C22H33N3O4S/c1-24(2)22(18-7-5-4-6-8-18)11-9-21(10-12-22)15-20(27)25(17-21)16-19(26)23-13-14-30(3,28)29/h4-8H,9-17H2,1-3H3,(H,23,26)/t21-,22-. The van der Waals surface area contributed by atoms with E-state index < -0.39 is 9.84 Å². The molecule has 30 heavy (non-hydrogen) atoms. The van der Waals surface area contributed by atoms with Gasteiger partial charge in [-0.3, -0.25) is 14.5 Å². The van der Waals surface area contributed by atoms with Gasteiger partial charge in [0.2, 0.25) is 11.8 Å². The average molecular weight is 436 g/mol. The van der Waals surface area contributed by atoms with Crippen LogP contribution in [0.1, 0.15) is 37.7 Å². The molecule has 3 rings (SSSR count). The van der Waals surface area contributed by atoms with Crippen molar-refractivity contribution in [3.63, 3.8) is 0 Å². The quantitative estimate of drug-likeness (QED) is 0.700. The van der Waals surface area contributed by atoms with Crippen LogP contribution in [0.15, 0.2) is 30.3 Å². The maximum Gasteiger partial charge on any atom is 0.239 e. The summed E-state index contributed by atoms with van der Waals surface area (Å²) in [4.78, 5) is 28.7. The second-order valence-corrected chi connectivity index (χ2v) is 11.5. The van der Waals surface area contributed by atoms with Crippen LogP contribution >= 0.6 is 0 Å². The normalized spacial score (nSPS) is 27.1. The zero-order chi connectivity index (χ0) is 22.0. The number of sulfone groups is 1. The first-order valence-electron chi connectivity index (χ1n) is 10.5. The summed E-state index contributed by atoms with van der Waals surface area (Å²) >= 11 is 0. The van der Waals surface area contributed by atoms with E-state index in [1.807, 2.05) is 6.07 Å². The number of carbonyl (C=O) groups excluding carboxylic acids is 2. The molecule has 0 atom stereocenters. The first kappa shape index (κ1) is 22.7. The highest BCUT2D eigenvalue weighted by Crippen LogP contribution is 2.51. The minimum absolute atomic E-state index is 0.00184. The second kappa shape index (κ2) is 8.67. The summed E-state index contributed by atoms with van der Waals surface area (Å²) in [6.45, 7) is 0.679. The van der Waals surface area contributed by atoms with E-state index in [1.165, 1.54) is 5.56 Å². The summed E-state index contributed by atoms with van der Waals surface area (Å²) in [5, 5.41) is 2.61. The number of hydrogen-bond acceptors (Lipinski definition) is 5. The molecule has 1 heterocycles. The molecule has 2 amide bonds. The van der Waals surface area contributed by atoms with Gasteiger partial charge in [-0.2, -0.15) is 0 Å². The van der Waals surface area contributed by atoms with Crippen molar-refractivity contribution in [2.45, 2.75) is 37.6 Å². The first-order chi connectivity index (χ1) is 14.1. The number of benzene rings is 1. The van der Waals surface area contributed by atoms with Crippen LogP contribution in [-0.4, -0.2) is 75.8 Å². The number of nitrogens with one attached hydrogen (secondary N) is 1. The van der Waals surface area contributed by atoms with Gasteiger partial charge in [0.15, 0.2) is 0 Å². The molecule has 1 aliphatic carbocycles. The monoisotopic (exact) mass is 435 g/mol. The van der Waals surface area contributed by atoms with E-state index in [2.05, 4.69) is 48.6 Å². The number of likely N-dealkylation sites (tertiary alicyclic amines) is 1. The molecule has 2 fully saturated rings. The fourth-order valence-electron chi connectivity index (χ4n) is 5.00. The molecule has 1 aliphatic heterocycles. The molecule has 1 aromatic rings. The van der Waals surface area contributed by atoms with Gasteiger partial charge in [-0.25, -0.2) is 8.42 Å². The summed E-state index contributed by atoms with van der Waals surface area (Å²) in [6.07, 6.45) is 5.47. The topological polar surface area (TPSA) is 86.8 Å². The fourth-order valence-corrected chi connectivity index (χ4v) is 5.47. The largest absolute Gasteiger partial charge is 0.354 e. The minimum atomic E-state index is -3.12. The Morgan fingerprint density at radius 2 is 1.77 bits per heavy atom. The number of hydrogen-bond donors (Lipinski definition) is 1. The van der Waals surface area contributed by atoms with Crippen LogP contribution in [0.5, 0.6) is 0 Å². The molecule has 1 saturated carbocycles. The van der Waals surface area contributed by atoms with Gasteiger partial charge >= 0.3 is 0 Å². The fraction of sp³-hybridized carbons (Fsp3) is 0.636. The van der Waals surface area contributed by atoms with Crippen LogP contribution in [0, 0.1) is 5.41 Å². The molecule has 7 nitrogen and oxygen atoms in total. The van der Waals surface area contributed by atoms with E-state index in [4.69, 9.17) is 0 Å². The van der Waals surface area contributed by atoms with E-state index in [0.29, 0.717) is 13.0 Å². The minimum Gasteiger partial charge on any atom is -0.354 e. The van der Waals surface area contributed by atoms with Gasteiger partial charge in [0.1, 0.15) is 9.84 Å². The highest BCUT2D eigenvalue weighted by Gasteiger charge is 2.50. The molecular weight excluding hydrogens is 402 g/mol. The Labute approximate surface area is 179 Å². The van der Waals surface area contributed by atoms with Gasteiger partial charge in [0, 0.05) is 31.3 Å². The maximum absolute atomic E-state index is 12.6. The smallest absolute Gasteiger partial charge is 0.239 e. The predicted octanol–water partition coefficient (Wildman–Crippen LogP) is 1.40. The van der Waals surface area contributed by atoms with Crippen LogP contribution < -0.4 is 5.32 Å². The molecule has 8 heteroatoms. The van der Waals surface area contributed by atoms with Crippen molar-refractivity contribution in [2.24, 2.45) is 5.41 Å². The van der Waals surface area contributed by atoms with Crippen LogP contribution in [0.2, 0.25) is 0 Å². The lowest BCUT2D eigenvalue weighted by atomic mass is 9.64. The second-order valence-electron chi connectivity index (χ2n) is 9.20. The molecule has 0 unspecified atom stereocenters. The molecule has 166 valence electrons. The predicted molar refractivity (Wildman–Crippen MR) is 117 cm³/mol. The molecule has 0 aromatic heterocycles. The third kappa shape index (κ3) is 5.03. The van der Waals surface area contributed by atoms with E-state index in [-0.39, 0.29) is 41.6 Å². The summed E-state index contributed by atoms with van der Waals surface area (Å²) in [5.74, 6) is -0.375. The summed E-state index contributed by atoms with van der Waals surface area (Å²) in [5.41, 5.74) is 1.22. The van der Waals surface area contributed by atoms with E-state index in [0.717, 1.165) is 31.9 Å². The number of carbonyl (C=O) groups is 2. The Bertz CT molecular complexity index is 875. The molecule has 0 radical (unpaired) electrons. The Kier molecular flexibility index (Phi) is 6.57. The summed E-state index contributed by atoms with van der Waals surface area (Å²) in [6, 6.07) is 10.6. The van der Waals surface area contributed by atoms with E-state index >= 15 is 0 Å². The van der Waals surface area contributed by atoms with Gasteiger partial charge in [0.25, 0.3) is 0 Å². The molecule has 1 aromatic carbocycles. The van der Waals surface area contributed by atoms with Crippen molar-refractivity contribution < 1.29 is 18.0 Å². The number of nitrogens with zero attached hydrogens (tertiary/aromatic N) is 2. The van der Waals surface area contributed by atoms with E-state index in [9.17, 15) is 18.0 Å². The highest BCUT2D eigenvalue weighted by molar-refractivity contribution is 7.90. The highest BCUT2D eigenvalue weighted by atomic mass is 32.2. The van der Waals surface area contributed by atoms with Crippen LogP contribution in [0.25, 0.3) is 0 Å². The van der Waals surface area contributed by atoms with Crippen molar-refractivity contribution in [3.05, 3.63) is 35.9 Å². The van der Waals surface area contributed by atoms with Crippen LogP contribution in [-0.2, 0) is 25.0 Å². The third-order valence-electron chi connectivity index (χ3n) is 6.84. The Morgan fingerprint density at radius 1 is 1.13 bits per heavy atom. The Morgan fingerprint density at radius 3 is 2.33 bits per heavy atom. The first-order valence-corrected chi connectivity index (χ1v) is 12.6. The van der Waals surface area contributed by atoms with Crippen molar-refractivity contribution in [2.75, 3.05) is 45.7 Å². The van der Waals surface area contributed by atoms with Crippen molar-refractivity contribution in [1.29, 1.82) is 0 Å². The Balaban J connectivity index is 1.60. The SMILES string of the molecule is CN(C)[C@]1(c2ccccc2)CC[C@@]2(CC1)CC(=O)N(CC(=O)NCCS(C)(=O)=O)C2. The maximum atomic E-state index is 12.6. The molecule has 1 spiro atoms. The summed E-state index contributed by atoms with van der Waals surface area (Å²) < 4.78 is 22.4. The van der Waals surface area contributed by atoms with Crippen LogP contribution in [0.4, 0.5) is 0 Å². The third-order valence-corrected chi connectivity index (χ3v) is 7.79. The lowest BCUT2D eigenvalue weighted by Crippen LogP contribution is -2.47.